The zero-order chi connectivity index (χ0) is 38.9. The van der Waals surface area contributed by atoms with Crippen molar-refractivity contribution in [1.82, 2.24) is 0 Å². The molecule has 0 N–H and O–H groups in total. The molecule has 4 heteroatoms. The molecule has 56 heavy (non-hydrogen) atoms. The lowest BCUT2D eigenvalue weighted by Crippen LogP contribution is -2.61. The fraction of sp³-hybridized carbons (Fsp3) is 0.269. The van der Waals surface area contributed by atoms with E-state index in [-0.39, 0.29) is 23.0 Å². The first-order valence-corrected chi connectivity index (χ1v) is 20.4. The second-order valence-electron chi connectivity index (χ2n) is 19.1. The number of anilines is 6. The van der Waals surface area contributed by atoms with Crippen molar-refractivity contribution in [1.29, 1.82) is 0 Å². The zero-order valence-electron chi connectivity index (χ0n) is 34.3. The monoisotopic (exact) mass is 730 g/mol. The van der Waals surface area contributed by atoms with Gasteiger partial charge in [-0.2, -0.15) is 0 Å². The van der Waals surface area contributed by atoms with Gasteiger partial charge in [0, 0.05) is 33.8 Å². The van der Waals surface area contributed by atoms with Gasteiger partial charge in [-0.05, 0) is 147 Å². The predicted molar refractivity (Wildman–Crippen MR) is 239 cm³/mol. The Hall–Kier alpha value is -5.48. The average Bonchev–Trinajstić information content (AvgIpc) is 3.54. The summed E-state index contributed by atoms with van der Waals surface area (Å²) in [6.07, 6.45) is 2.33. The third-order valence-electron chi connectivity index (χ3n) is 13.2. The van der Waals surface area contributed by atoms with Crippen molar-refractivity contribution in [2.24, 2.45) is 0 Å². The fourth-order valence-corrected chi connectivity index (χ4v) is 9.87. The van der Waals surface area contributed by atoms with Crippen LogP contribution >= 0.6 is 0 Å². The molecule has 0 bridgehead atoms. The molecule has 6 aromatic carbocycles. The number of aryl methyl sites for hydroxylation is 2. The van der Waals surface area contributed by atoms with Crippen molar-refractivity contribution in [2.45, 2.75) is 91.4 Å². The van der Waals surface area contributed by atoms with Gasteiger partial charge >= 0.3 is 0 Å². The predicted octanol–water partition coefficient (Wildman–Crippen LogP) is 12.4. The quantitative estimate of drug-likeness (QED) is 0.169. The van der Waals surface area contributed by atoms with Gasteiger partial charge in [-0.25, -0.2) is 0 Å². The molecule has 2 aliphatic heterocycles. The zero-order valence-corrected chi connectivity index (χ0v) is 34.3. The lowest BCUT2D eigenvalue weighted by atomic mass is 9.35. The summed E-state index contributed by atoms with van der Waals surface area (Å²) in [6.45, 7) is 21.0. The summed E-state index contributed by atoms with van der Waals surface area (Å²) < 4.78 is 7.22. The third-order valence-corrected chi connectivity index (χ3v) is 13.2. The Morgan fingerprint density at radius 1 is 0.589 bits per heavy atom. The maximum absolute atomic E-state index is 7.22. The van der Waals surface area contributed by atoms with E-state index in [0.29, 0.717) is 0 Å². The van der Waals surface area contributed by atoms with Crippen LogP contribution in [-0.4, -0.2) is 6.71 Å². The molecular formula is C52H51BN2O. The normalized spacial score (nSPS) is 16.3. The van der Waals surface area contributed by atoms with Crippen molar-refractivity contribution in [2.75, 3.05) is 9.80 Å². The van der Waals surface area contributed by atoms with Gasteiger partial charge < -0.3 is 14.2 Å². The first-order chi connectivity index (χ1) is 26.7. The lowest BCUT2D eigenvalue weighted by Gasteiger charge is -2.46. The highest BCUT2D eigenvalue weighted by Crippen LogP contribution is 2.51. The number of hydrogen-bond donors (Lipinski definition) is 0. The summed E-state index contributed by atoms with van der Waals surface area (Å²) in [7, 11) is 0. The van der Waals surface area contributed by atoms with Crippen molar-refractivity contribution in [3.63, 3.8) is 0 Å². The lowest BCUT2D eigenvalue weighted by molar-refractivity contribution is 0.332. The summed E-state index contributed by atoms with van der Waals surface area (Å²) in [5.41, 5.74) is 21.0. The van der Waals surface area contributed by atoms with Gasteiger partial charge in [-0.1, -0.05) is 115 Å². The Kier molecular flexibility index (Phi) is 7.50. The number of fused-ring (bicyclic) bond motifs is 7. The van der Waals surface area contributed by atoms with E-state index in [4.69, 9.17) is 4.42 Å². The van der Waals surface area contributed by atoms with Gasteiger partial charge in [0.2, 0.25) is 0 Å². The van der Waals surface area contributed by atoms with E-state index >= 15 is 0 Å². The molecule has 0 unspecified atom stereocenters. The SMILES string of the molecule is Cc1cc2c3c(c1)N(c1ccc(C(C)(C)C)cc1)c1c(oc4cc(C)ccc14)B3c1cc3c(cc1N2c1ccc(-c2ccccc2)cc1)C(C)(C)CCC3(C)C. The van der Waals surface area contributed by atoms with E-state index in [2.05, 4.69) is 193 Å². The van der Waals surface area contributed by atoms with E-state index < -0.39 is 0 Å². The molecule has 0 saturated carbocycles. The van der Waals surface area contributed by atoms with E-state index in [1.807, 2.05) is 0 Å². The number of nitrogens with zero attached hydrogens (tertiary/aromatic N) is 2. The molecule has 0 spiro atoms. The van der Waals surface area contributed by atoms with Crippen LogP contribution < -0.4 is 26.4 Å². The third kappa shape index (κ3) is 5.25. The van der Waals surface area contributed by atoms with Crippen LogP contribution in [0.2, 0.25) is 0 Å². The van der Waals surface area contributed by atoms with Crippen LogP contribution in [0.25, 0.3) is 22.1 Å². The van der Waals surface area contributed by atoms with Gasteiger partial charge in [-0.3, -0.25) is 0 Å². The van der Waals surface area contributed by atoms with Crippen molar-refractivity contribution < 1.29 is 4.42 Å². The molecule has 0 fully saturated rings. The number of benzene rings is 6. The number of hydrogen-bond acceptors (Lipinski definition) is 3. The number of rotatable bonds is 3. The minimum Gasteiger partial charge on any atom is -0.468 e. The molecule has 10 rings (SSSR count). The first-order valence-electron chi connectivity index (χ1n) is 20.4. The van der Waals surface area contributed by atoms with Gasteiger partial charge in [-0.15, -0.1) is 0 Å². The fourth-order valence-electron chi connectivity index (χ4n) is 9.87. The van der Waals surface area contributed by atoms with Crippen LogP contribution in [0.3, 0.4) is 0 Å². The maximum Gasteiger partial charge on any atom is 0.297 e. The van der Waals surface area contributed by atoms with Crippen molar-refractivity contribution in [3.8, 4) is 11.1 Å². The molecular weight excluding hydrogens is 679 g/mol. The minimum absolute atomic E-state index is 0.0563. The summed E-state index contributed by atoms with van der Waals surface area (Å²) in [5, 5.41) is 1.15. The Morgan fingerprint density at radius 3 is 1.84 bits per heavy atom. The van der Waals surface area contributed by atoms with Crippen molar-refractivity contribution >= 4 is 68.4 Å². The van der Waals surface area contributed by atoms with E-state index in [1.165, 1.54) is 66.9 Å². The van der Waals surface area contributed by atoms with Crippen LogP contribution in [0.5, 0.6) is 0 Å². The van der Waals surface area contributed by atoms with E-state index in [0.717, 1.165) is 46.5 Å². The molecule has 7 aromatic rings. The van der Waals surface area contributed by atoms with Crippen LogP contribution in [0.4, 0.5) is 34.1 Å². The van der Waals surface area contributed by atoms with Gasteiger partial charge in [0.05, 0.1) is 11.3 Å². The Balaban J connectivity index is 1.29. The molecule has 3 aliphatic rings. The molecule has 0 saturated heterocycles. The summed E-state index contributed by atoms with van der Waals surface area (Å²) >= 11 is 0. The molecule has 3 nitrogen and oxygen atoms in total. The average molecular weight is 731 g/mol. The van der Waals surface area contributed by atoms with Crippen LogP contribution in [0.1, 0.15) is 89.1 Å². The second-order valence-corrected chi connectivity index (χ2v) is 19.1. The van der Waals surface area contributed by atoms with Gasteiger partial charge in [0.1, 0.15) is 5.58 Å². The van der Waals surface area contributed by atoms with Gasteiger partial charge in [0.15, 0.2) is 0 Å². The van der Waals surface area contributed by atoms with Crippen molar-refractivity contribution in [3.05, 3.63) is 149 Å². The first kappa shape index (κ1) is 35.0. The van der Waals surface area contributed by atoms with Crippen LogP contribution in [0, 0.1) is 13.8 Å². The van der Waals surface area contributed by atoms with Crippen LogP contribution in [0.15, 0.2) is 126 Å². The molecule has 0 amide bonds. The van der Waals surface area contributed by atoms with E-state index in [1.54, 1.807) is 0 Å². The van der Waals surface area contributed by atoms with Crippen LogP contribution in [-0.2, 0) is 16.2 Å². The highest BCUT2D eigenvalue weighted by Gasteiger charge is 2.49. The Bertz CT molecular complexity index is 2690. The second kappa shape index (κ2) is 12.0. The molecule has 1 aliphatic carbocycles. The summed E-state index contributed by atoms with van der Waals surface area (Å²) in [4.78, 5) is 5.06. The van der Waals surface area contributed by atoms with E-state index in [9.17, 15) is 0 Å². The highest BCUT2D eigenvalue weighted by molar-refractivity contribution is 7.00. The Morgan fingerprint density at radius 2 is 1.18 bits per heavy atom. The number of furan rings is 1. The topological polar surface area (TPSA) is 19.6 Å². The largest absolute Gasteiger partial charge is 0.468 e. The highest BCUT2D eigenvalue weighted by atomic mass is 16.3. The summed E-state index contributed by atoms with van der Waals surface area (Å²) in [6, 6.07) is 45.8. The standard InChI is InChI=1S/C52H51BN2O/c1-32-15-24-39-46(29-32)56-49-48(39)55(38-22-18-36(19-23-38)50(3,4)5)45-28-33(2)27-44-47(45)53(49)42-30-40-41(52(8,9)26-25-51(40,6)7)31-43(42)54(44)37-20-16-35(17-21-37)34-13-11-10-12-14-34/h10-24,27-31H,25-26H2,1-9H3. The molecule has 1 aromatic heterocycles. The minimum atomic E-state index is -0.0746. The Labute approximate surface area is 333 Å². The molecule has 3 heterocycles. The summed E-state index contributed by atoms with van der Waals surface area (Å²) in [5.74, 6) is 0. The van der Waals surface area contributed by atoms with Gasteiger partial charge in [0.25, 0.3) is 6.71 Å². The smallest absolute Gasteiger partial charge is 0.297 e. The molecule has 0 radical (unpaired) electrons. The maximum atomic E-state index is 7.22. The molecule has 0 atom stereocenters. The molecule has 278 valence electrons.